The number of ether oxygens (including phenoxy) is 5. The third-order valence-corrected chi connectivity index (χ3v) is 11.4. The van der Waals surface area contributed by atoms with Crippen molar-refractivity contribution in [2.45, 2.75) is 69.6 Å². The summed E-state index contributed by atoms with van der Waals surface area (Å²) >= 11 is 1.57. The summed E-state index contributed by atoms with van der Waals surface area (Å²) in [6.07, 6.45) is 0.542. The van der Waals surface area contributed by atoms with Gasteiger partial charge in [-0.05, 0) is 38.4 Å². The van der Waals surface area contributed by atoms with E-state index in [4.69, 9.17) is 23.7 Å². The number of cyclic esters (lactones) is 1. The number of hydrogen-bond acceptors (Lipinski definition) is 12. The summed E-state index contributed by atoms with van der Waals surface area (Å²) in [6, 6.07) is 2.50. The van der Waals surface area contributed by atoms with Crippen molar-refractivity contribution in [3.05, 3.63) is 39.4 Å². The maximum Gasteiger partial charge on any atom is 0.309 e. The molecule has 232 valence electrons. The molecule has 2 saturated heterocycles. The Morgan fingerprint density at radius 1 is 1.16 bits per heavy atom. The summed E-state index contributed by atoms with van der Waals surface area (Å²) in [7, 11) is 3.55. The van der Waals surface area contributed by atoms with Gasteiger partial charge in [0.25, 0.3) is 0 Å². The quantitative estimate of drug-likeness (QED) is 0.386. The van der Waals surface area contributed by atoms with Gasteiger partial charge in [0.05, 0.1) is 36.4 Å². The van der Waals surface area contributed by atoms with Crippen molar-refractivity contribution >= 4 is 23.7 Å². The second-order valence-corrected chi connectivity index (χ2v) is 13.5. The number of aryl methyl sites for hydroxylation is 1. The molecule has 0 spiro atoms. The molecule has 2 aromatic rings. The third-order valence-electron chi connectivity index (χ3n) is 9.86. The number of thioether (sulfide) groups is 1. The molecule has 0 amide bonds. The Hall–Kier alpha value is -3.66. The number of carbonyl (C=O) groups excluding carboxylic acids is 2. The zero-order valence-corrected chi connectivity index (χ0v) is 26.3. The van der Waals surface area contributed by atoms with E-state index in [1.807, 2.05) is 27.8 Å². The van der Waals surface area contributed by atoms with Crippen LogP contribution in [-0.4, -0.2) is 78.3 Å². The number of carbonyl (C=O) groups is 2. The maximum absolute atomic E-state index is 13.1. The molecule has 44 heavy (non-hydrogen) atoms. The van der Waals surface area contributed by atoms with Gasteiger partial charge in [0.2, 0.25) is 6.79 Å². The van der Waals surface area contributed by atoms with E-state index in [0.717, 1.165) is 22.3 Å². The van der Waals surface area contributed by atoms with Crippen LogP contribution in [0.25, 0.3) is 0 Å². The van der Waals surface area contributed by atoms with E-state index in [9.17, 15) is 20.0 Å². The van der Waals surface area contributed by atoms with E-state index in [-0.39, 0.29) is 54.4 Å². The molecule has 1 N–H and O–H groups in total. The molecule has 0 aromatic heterocycles. The van der Waals surface area contributed by atoms with E-state index >= 15 is 0 Å². The molecule has 0 aliphatic carbocycles. The Labute approximate surface area is 259 Å². The number of piperazine rings is 1. The highest BCUT2D eigenvalue weighted by Crippen LogP contribution is 2.64. The van der Waals surface area contributed by atoms with Gasteiger partial charge in [-0.1, -0.05) is 13.0 Å². The molecule has 0 saturated carbocycles. The smallest absolute Gasteiger partial charge is 0.309 e. The standard InChI is InChI=1S/C32H35N3O8S/c1-13-7-17-8-18-19(9-33)35-20-10-40-32(38)14(2)11-44-31(25(35)24(34(18)5)21(17)26(37)27(13)39-6)23-22(20)30-29(41-12-42-30)15(3)28(23)43-16(4)36/h7,14,18-20,24-25,31,37H,8,10-12H2,1-6H3/t14?,18-,19-,20-,24+,25?,31+/m0/s1. The number of likely N-dealkylation sites (N-methyl/N-ethyl adjacent to an activating group) is 1. The average Bonchev–Trinajstić information content (AvgIpc) is 3.47. The minimum atomic E-state index is -0.606. The van der Waals surface area contributed by atoms with Crippen LogP contribution in [-0.2, 0) is 20.7 Å². The molecule has 11 nitrogen and oxygen atoms in total. The molecule has 12 heteroatoms. The van der Waals surface area contributed by atoms with Crippen LogP contribution in [0.15, 0.2) is 6.07 Å². The number of phenols is 1. The van der Waals surface area contributed by atoms with Crippen LogP contribution in [0.4, 0.5) is 0 Å². The molecular weight excluding hydrogens is 586 g/mol. The Morgan fingerprint density at radius 2 is 1.91 bits per heavy atom. The molecule has 2 unspecified atom stereocenters. The van der Waals surface area contributed by atoms with Gasteiger partial charge in [0.15, 0.2) is 23.0 Å². The lowest BCUT2D eigenvalue weighted by Crippen LogP contribution is -2.69. The molecule has 5 heterocycles. The highest BCUT2D eigenvalue weighted by Gasteiger charge is 2.60. The number of hydrogen-bond donors (Lipinski definition) is 1. The van der Waals surface area contributed by atoms with E-state index < -0.39 is 18.1 Å². The van der Waals surface area contributed by atoms with Gasteiger partial charge in [-0.3, -0.25) is 19.4 Å². The zero-order chi connectivity index (χ0) is 31.2. The normalized spacial score (nSPS) is 30.4. The molecule has 5 aliphatic heterocycles. The van der Waals surface area contributed by atoms with E-state index in [1.165, 1.54) is 6.92 Å². The number of esters is 2. The largest absolute Gasteiger partial charge is 0.504 e. The first kappa shape index (κ1) is 29.1. The van der Waals surface area contributed by atoms with Crippen LogP contribution in [0, 0.1) is 31.1 Å². The summed E-state index contributed by atoms with van der Waals surface area (Å²) in [5.41, 5.74) is 4.70. The Kier molecular flexibility index (Phi) is 6.91. The van der Waals surface area contributed by atoms with Crippen LogP contribution in [0.1, 0.15) is 64.6 Å². The van der Waals surface area contributed by atoms with Crippen molar-refractivity contribution in [1.82, 2.24) is 9.80 Å². The van der Waals surface area contributed by atoms with Crippen LogP contribution in [0.2, 0.25) is 0 Å². The van der Waals surface area contributed by atoms with Gasteiger partial charge in [-0.15, -0.1) is 0 Å². The third kappa shape index (κ3) is 3.95. The highest BCUT2D eigenvalue weighted by molar-refractivity contribution is 7.99. The van der Waals surface area contributed by atoms with Crippen molar-refractivity contribution in [3.63, 3.8) is 0 Å². The second kappa shape index (κ2) is 10.5. The van der Waals surface area contributed by atoms with Crippen LogP contribution in [0.5, 0.6) is 28.7 Å². The number of nitriles is 1. The first-order valence-electron chi connectivity index (χ1n) is 14.8. The first-order chi connectivity index (χ1) is 21.1. The van der Waals surface area contributed by atoms with E-state index in [0.29, 0.717) is 46.3 Å². The number of aromatic hydroxyl groups is 1. The average molecular weight is 622 g/mol. The first-order valence-corrected chi connectivity index (χ1v) is 15.8. The number of benzene rings is 2. The number of nitrogens with zero attached hydrogens (tertiary/aromatic N) is 3. The topological polar surface area (TPSA) is 131 Å². The number of methoxy groups -OCH3 is 1. The monoisotopic (exact) mass is 621 g/mol. The lowest BCUT2D eigenvalue weighted by Gasteiger charge is -2.61. The van der Waals surface area contributed by atoms with Crippen molar-refractivity contribution in [1.29, 1.82) is 5.26 Å². The molecule has 2 aromatic carbocycles. The molecule has 4 bridgehead atoms. The lowest BCUT2D eigenvalue weighted by molar-refractivity contribution is -0.153. The Balaban J connectivity index is 1.56. The predicted molar refractivity (Wildman–Crippen MR) is 159 cm³/mol. The Bertz CT molecular complexity index is 1640. The van der Waals surface area contributed by atoms with Crippen molar-refractivity contribution < 1.29 is 38.4 Å². The molecular formula is C32H35N3O8S. The van der Waals surface area contributed by atoms with Gasteiger partial charge in [-0.25, -0.2) is 0 Å². The molecule has 7 atom stereocenters. The predicted octanol–water partition coefficient (Wildman–Crippen LogP) is 3.87. The van der Waals surface area contributed by atoms with Gasteiger partial charge in [0, 0.05) is 47.0 Å². The molecule has 0 radical (unpaired) electrons. The number of fused-ring (bicyclic) bond motifs is 9. The maximum atomic E-state index is 13.1. The van der Waals surface area contributed by atoms with Crippen LogP contribution < -0.4 is 18.9 Å². The summed E-state index contributed by atoms with van der Waals surface area (Å²) < 4.78 is 29.6. The van der Waals surface area contributed by atoms with Crippen LogP contribution in [0.3, 0.4) is 0 Å². The number of phenolic OH excluding ortho intramolecular Hbond substituents is 1. The SMILES string of the molecule is COc1c(C)cc2c(c1O)[C@@H]1C3[C@@H]4SCC(C)C(=O)OC[C@@H](c5c6c(c(C)c(OC(C)=O)c54)OCO6)N3[C@@H](C#N)[C@H](C2)N1C. The summed E-state index contributed by atoms with van der Waals surface area (Å²) in [5.74, 6) is 1.17. The summed E-state index contributed by atoms with van der Waals surface area (Å²) in [5, 5.41) is 22.2. The Morgan fingerprint density at radius 3 is 2.61 bits per heavy atom. The van der Waals surface area contributed by atoms with Gasteiger partial charge < -0.3 is 28.8 Å². The fourth-order valence-corrected chi connectivity index (χ4v) is 9.58. The number of rotatable bonds is 2. The minimum absolute atomic E-state index is 0.00697. The molecule has 5 aliphatic rings. The second-order valence-electron chi connectivity index (χ2n) is 12.3. The van der Waals surface area contributed by atoms with E-state index in [1.54, 1.807) is 18.9 Å². The van der Waals surface area contributed by atoms with Crippen molar-refractivity contribution in [2.24, 2.45) is 5.92 Å². The summed E-state index contributed by atoms with van der Waals surface area (Å²) in [6.45, 7) is 6.93. The van der Waals surface area contributed by atoms with Crippen molar-refractivity contribution in [2.75, 3.05) is 33.3 Å². The zero-order valence-electron chi connectivity index (χ0n) is 25.5. The summed E-state index contributed by atoms with van der Waals surface area (Å²) in [4.78, 5) is 30.0. The molecule has 7 rings (SSSR count). The highest BCUT2D eigenvalue weighted by atomic mass is 32.2. The molecule has 2 fully saturated rings. The lowest BCUT2D eigenvalue weighted by atomic mass is 9.71. The van der Waals surface area contributed by atoms with E-state index in [2.05, 4.69) is 21.9 Å². The van der Waals surface area contributed by atoms with Gasteiger partial charge in [0.1, 0.15) is 18.4 Å². The minimum Gasteiger partial charge on any atom is -0.504 e. The fraction of sp³-hybridized carbons (Fsp3) is 0.531. The van der Waals surface area contributed by atoms with Crippen LogP contribution >= 0.6 is 11.8 Å². The van der Waals surface area contributed by atoms with Gasteiger partial charge >= 0.3 is 11.9 Å². The van der Waals surface area contributed by atoms with Gasteiger partial charge in [-0.2, -0.15) is 17.0 Å². The fourth-order valence-electron chi connectivity index (χ4n) is 8.06. The van der Waals surface area contributed by atoms with Crippen molar-refractivity contribution in [3.8, 4) is 34.8 Å².